The number of aryl methyl sites for hydroxylation is 2. The van der Waals surface area contributed by atoms with Crippen LogP contribution in [0.1, 0.15) is 17.7 Å². The van der Waals surface area contributed by atoms with E-state index in [0.717, 1.165) is 29.4 Å². The molecule has 0 saturated carbocycles. The fraction of sp³-hybridized carbons (Fsp3) is 0.263. The number of hydrogen-bond acceptors (Lipinski definition) is 2. The van der Waals surface area contributed by atoms with E-state index in [2.05, 4.69) is 22.5 Å². The number of rotatable bonds is 6. The summed E-state index contributed by atoms with van der Waals surface area (Å²) < 4.78 is 1.77. The lowest BCUT2D eigenvalue weighted by atomic mass is 10.1. The van der Waals surface area contributed by atoms with E-state index in [9.17, 15) is 4.79 Å². The first-order chi connectivity index (χ1) is 11.2. The molecule has 23 heavy (non-hydrogen) atoms. The number of amides is 1. The van der Waals surface area contributed by atoms with E-state index in [4.69, 9.17) is 0 Å². The molecule has 1 N–H and O–H groups in total. The van der Waals surface area contributed by atoms with Crippen LogP contribution >= 0.6 is 0 Å². The summed E-state index contributed by atoms with van der Waals surface area (Å²) in [4.78, 5) is 12.1. The first kappa shape index (κ1) is 15.3. The minimum absolute atomic E-state index is 0.00585. The zero-order valence-corrected chi connectivity index (χ0v) is 13.3. The summed E-state index contributed by atoms with van der Waals surface area (Å²) in [6.07, 6.45) is 1.92. The molecule has 0 spiro atoms. The Morgan fingerprint density at radius 2 is 1.83 bits per heavy atom. The van der Waals surface area contributed by atoms with Crippen molar-refractivity contribution >= 4 is 16.8 Å². The van der Waals surface area contributed by atoms with Gasteiger partial charge in [-0.2, -0.15) is 5.10 Å². The van der Waals surface area contributed by atoms with Crippen molar-refractivity contribution in [2.45, 2.75) is 26.3 Å². The molecule has 1 heterocycles. The van der Waals surface area contributed by atoms with Gasteiger partial charge in [-0.05, 0) is 31.4 Å². The minimum Gasteiger partial charge on any atom is -0.354 e. The summed E-state index contributed by atoms with van der Waals surface area (Å²) >= 11 is 0. The lowest BCUT2D eigenvalue weighted by Crippen LogP contribution is -2.29. The van der Waals surface area contributed by atoms with Crippen LogP contribution < -0.4 is 5.32 Å². The van der Waals surface area contributed by atoms with Gasteiger partial charge in [0.1, 0.15) is 6.54 Å². The van der Waals surface area contributed by atoms with Crippen LogP contribution in [0.15, 0.2) is 54.6 Å². The number of para-hydroxylation sites is 1. The van der Waals surface area contributed by atoms with Crippen LogP contribution in [0.5, 0.6) is 0 Å². The van der Waals surface area contributed by atoms with E-state index >= 15 is 0 Å². The van der Waals surface area contributed by atoms with Gasteiger partial charge in [0.05, 0.1) is 11.2 Å². The van der Waals surface area contributed by atoms with Gasteiger partial charge in [0.25, 0.3) is 0 Å². The Morgan fingerprint density at radius 3 is 2.65 bits per heavy atom. The van der Waals surface area contributed by atoms with Crippen molar-refractivity contribution < 1.29 is 4.79 Å². The van der Waals surface area contributed by atoms with Crippen LogP contribution in [0.2, 0.25) is 0 Å². The summed E-state index contributed by atoms with van der Waals surface area (Å²) in [5, 5.41) is 8.54. The van der Waals surface area contributed by atoms with Gasteiger partial charge in [0, 0.05) is 11.9 Å². The van der Waals surface area contributed by atoms with Crippen molar-refractivity contribution in [1.29, 1.82) is 0 Å². The Bertz CT molecular complexity index is 793. The summed E-state index contributed by atoms with van der Waals surface area (Å²) in [6.45, 7) is 2.92. The third-order valence-electron chi connectivity index (χ3n) is 3.94. The number of carbonyl (C=O) groups excluding carboxylic acids is 1. The SMILES string of the molecule is Cc1nn(CC(=O)NCCCc2ccccc2)c2ccccc12. The molecular formula is C19H21N3O. The maximum atomic E-state index is 12.1. The fourth-order valence-electron chi connectivity index (χ4n) is 2.77. The number of carbonyl (C=O) groups is 1. The molecule has 118 valence electrons. The smallest absolute Gasteiger partial charge is 0.241 e. The van der Waals surface area contributed by atoms with Gasteiger partial charge >= 0.3 is 0 Å². The molecule has 0 unspecified atom stereocenters. The second-order valence-electron chi connectivity index (χ2n) is 5.70. The highest BCUT2D eigenvalue weighted by molar-refractivity contribution is 5.84. The molecule has 3 rings (SSSR count). The quantitative estimate of drug-likeness (QED) is 0.711. The lowest BCUT2D eigenvalue weighted by molar-refractivity contribution is -0.121. The first-order valence-corrected chi connectivity index (χ1v) is 7.97. The highest BCUT2D eigenvalue weighted by Gasteiger charge is 2.09. The number of benzene rings is 2. The van der Waals surface area contributed by atoms with Crippen molar-refractivity contribution in [2.24, 2.45) is 0 Å². The molecule has 0 radical (unpaired) electrons. The molecule has 0 bridgehead atoms. The van der Waals surface area contributed by atoms with Crippen LogP contribution in [-0.2, 0) is 17.8 Å². The third kappa shape index (κ3) is 3.77. The topological polar surface area (TPSA) is 46.9 Å². The zero-order valence-electron chi connectivity index (χ0n) is 13.3. The predicted octanol–water partition coefficient (Wildman–Crippen LogP) is 3.09. The molecule has 0 aliphatic heterocycles. The number of nitrogens with one attached hydrogen (secondary N) is 1. The maximum absolute atomic E-state index is 12.1. The Kier molecular flexibility index (Phi) is 4.71. The van der Waals surface area contributed by atoms with E-state index in [1.807, 2.05) is 49.4 Å². The zero-order chi connectivity index (χ0) is 16.1. The Labute approximate surface area is 136 Å². The maximum Gasteiger partial charge on any atom is 0.241 e. The number of aromatic nitrogens is 2. The molecule has 0 fully saturated rings. The predicted molar refractivity (Wildman–Crippen MR) is 92.2 cm³/mol. The van der Waals surface area contributed by atoms with Crippen molar-refractivity contribution in [2.75, 3.05) is 6.54 Å². The molecule has 1 aromatic heterocycles. The summed E-state index contributed by atoms with van der Waals surface area (Å²) in [5.74, 6) is 0.00585. The van der Waals surface area contributed by atoms with Crippen LogP contribution in [0.4, 0.5) is 0 Å². The molecule has 0 aliphatic carbocycles. The van der Waals surface area contributed by atoms with Crippen LogP contribution in [0, 0.1) is 6.92 Å². The highest BCUT2D eigenvalue weighted by Crippen LogP contribution is 2.17. The van der Waals surface area contributed by atoms with E-state index < -0.39 is 0 Å². The molecule has 0 atom stereocenters. The average Bonchev–Trinajstić information content (AvgIpc) is 2.89. The Balaban J connectivity index is 1.51. The normalized spacial score (nSPS) is 10.8. The van der Waals surface area contributed by atoms with Crippen LogP contribution in [0.25, 0.3) is 10.9 Å². The van der Waals surface area contributed by atoms with Gasteiger partial charge in [0.2, 0.25) is 5.91 Å². The molecule has 0 saturated heterocycles. The van der Waals surface area contributed by atoms with Crippen molar-refractivity contribution in [3.63, 3.8) is 0 Å². The van der Waals surface area contributed by atoms with E-state index in [0.29, 0.717) is 6.54 Å². The number of hydrogen-bond donors (Lipinski definition) is 1. The average molecular weight is 307 g/mol. The van der Waals surface area contributed by atoms with Crippen LogP contribution in [0.3, 0.4) is 0 Å². The second kappa shape index (κ2) is 7.09. The van der Waals surface area contributed by atoms with Crippen LogP contribution in [-0.4, -0.2) is 22.2 Å². The van der Waals surface area contributed by atoms with Gasteiger partial charge in [-0.25, -0.2) is 0 Å². The molecule has 1 amide bonds. The second-order valence-corrected chi connectivity index (χ2v) is 5.70. The summed E-state index contributed by atoms with van der Waals surface area (Å²) in [5.41, 5.74) is 3.26. The molecular weight excluding hydrogens is 286 g/mol. The summed E-state index contributed by atoms with van der Waals surface area (Å²) in [6, 6.07) is 18.3. The van der Waals surface area contributed by atoms with Gasteiger partial charge in [-0.3, -0.25) is 9.48 Å². The Hall–Kier alpha value is -2.62. The van der Waals surface area contributed by atoms with E-state index in [1.165, 1.54) is 5.56 Å². The fourth-order valence-corrected chi connectivity index (χ4v) is 2.77. The van der Waals surface area contributed by atoms with Gasteiger partial charge < -0.3 is 5.32 Å². The molecule has 4 nitrogen and oxygen atoms in total. The standard InChI is InChI=1S/C19H21N3O/c1-15-17-11-5-6-12-18(17)22(21-15)14-19(23)20-13-7-10-16-8-3-2-4-9-16/h2-6,8-9,11-12H,7,10,13-14H2,1H3,(H,20,23). The Morgan fingerprint density at radius 1 is 1.09 bits per heavy atom. The number of fused-ring (bicyclic) bond motifs is 1. The van der Waals surface area contributed by atoms with Crippen molar-refractivity contribution in [1.82, 2.24) is 15.1 Å². The molecule has 2 aromatic carbocycles. The van der Waals surface area contributed by atoms with Gasteiger partial charge in [-0.15, -0.1) is 0 Å². The first-order valence-electron chi connectivity index (χ1n) is 7.97. The summed E-state index contributed by atoms with van der Waals surface area (Å²) in [7, 11) is 0. The van der Waals surface area contributed by atoms with E-state index in [1.54, 1.807) is 4.68 Å². The van der Waals surface area contributed by atoms with Gasteiger partial charge in [-0.1, -0.05) is 48.5 Å². The van der Waals surface area contributed by atoms with E-state index in [-0.39, 0.29) is 12.5 Å². The molecule has 4 heteroatoms. The molecule has 3 aromatic rings. The highest BCUT2D eigenvalue weighted by atomic mass is 16.2. The third-order valence-corrected chi connectivity index (χ3v) is 3.94. The van der Waals surface area contributed by atoms with Crippen molar-refractivity contribution in [3.05, 3.63) is 65.9 Å². The van der Waals surface area contributed by atoms with Crippen molar-refractivity contribution in [3.8, 4) is 0 Å². The minimum atomic E-state index is 0.00585. The van der Waals surface area contributed by atoms with Gasteiger partial charge in [0.15, 0.2) is 0 Å². The number of nitrogens with zero attached hydrogens (tertiary/aromatic N) is 2. The lowest BCUT2D eigenvalue weighted by Gasteiger charge is -2.06. The molecule has 0 aliphatic rings. The monoisotopic (exact) mass is 307 g/mol. The largest absolute Gasteiger partial charge is 0.354 e.